The molecule has 9 heteroatoms. The quantitative estimate of drug-likeness (QED) is 0.810. The zero-order chi connectivity index (χ0) is 15.0. The number of hydrogen-bond acceptors (Lipinski definition) is 5. The Bertz CT molecular complexity index is 700. The first-order valence-corrected chi connectivity index (χ1v) is 9.65. The molecule has 0 saturated carbocycles. The van der Waals surface area contributed by atoms with Crippen LogP contribution in [0.2, 0.25) is 5.02 Å². The van der Waals surface area contributed by atoms with Gasteiger partial charge < -0.3 is 5.11 Å². The van der Waals surface area contributed by atoms with E-state index in [0.29, 0.717) is 0 Å². The van der Waals surface area contributed by atoms with Gasteiger partial charge in [0.15, 0.2) is 0 Å². The number of hydrogen-bond donors (Lipinski definition) is 2. The van der Waals surface area contributed by atoms with E-state index in [4.69, 9.17) is 11.6 Å². The monoisotopic (exact) mass is 339 g/mol. The second-order valence-electron chi connectivity index (χ2n) is 4.66. The maximum atomic E-state index is 12.2. The van der Waals surface area contributed by atoms with E-state index >= 15 is 0 Å². The third-order valence-electron chi connectivity index (χ3n) is 3.15. The summed E-state index contributed by atoms with van der Waals surface area (Å²) in [5.41, 5.74) is 0.165. The Hall–Kier alpha value is -0.990. The first kappa shape index (κ1) is 15.4. The first-order valence-electron chi connectivity index (χ1n) is 5.90. The molecule has 112 valence electrons. The standard InChI is InChI=1S/C11H14ClNO5S2/c12-10-7-8(14)1-2-11(10)13-20(17,18)9-3-5-19(15,16)6-4-9/h1-2,7,9,13-14H,3-6H2. The maximum absolute atomic E-state index is 12.2. The van der Waals surface area contributed by atoms with Crippen molar-refractivity contribution in [3.8, 4) is 5.75 Å². The fraction of sp³-hybridized carbons (Fsp3) is 0.455. The van der Waals surface area contributed by atoms with Gasteiger partial charge in [0, 0.05) is 6.07 Å². The molecule has 1 aliphatic heterocycles. The Morgan fingerprint density at radius 1 is 1.25 bits per heavy atom. The number of rotatable bonds is 3. The van der Waals surface area contributed by atoms with Crippen molar-refractivity contribution in [2.45, 2.75) is 18.1 Å². The van der Waals surface area contributed by atoms with Crippen molar-refractivity contribution in [1.29, 1.82) is 0 Å². The van der Waals surface area contributed by atoms with Gasteiger partial charge in [-0.1, -0.05) is 11.6 Å². The molecule has 0 unspecified atom stereocenters. The van der Waals surface area contributed by atoms with Crippen molar-refractivity contribution < 1.29 is 21.9 Å². The van der Waals surface area contributed by atoms with Crippen molar-refractivity contribution in [3.63, 3.8) is 0 Å². The van der Waals surface area contributed by atoms with Crippen LogP contribution in [0.5, 0.6) is 5.75 Å². The predicted molar refractivity (Wildman–Crippen MR) is 77.3 cm³/mol. The molecule has 1 aliphatic rings. The Labute approximate surface area is 122 Å². The van der Waals surface area contributed by atoms with E-state index in [2.05, 4.69) is 4.72 Å². The Balaban J connectivity index is 2.16. The molecule has 0 radical (unpaired) electrons. The second kappa shape index (κ2) is 5.42. The molecule has 1 aromatic carbocycles. The normalized spacial score (nSPS) is 19.6. The lowest BCUT2D eigenvalue weighted by Gasteiger charge is -2.23. The lowest BCUT2D eigenvalue weighted by molar-refractivity contribution is 0.475. The van der Waals surface area contributed by atoms with E-state index in [0.717, 1.165) is 0 Å². The molecular formula is C11H14ClNO5S2. The number of sulfonamides is 1. The van der Waals surface area contributed by atoms with Crippen LogP contribution in [0.1, 0.15) is 12.8 Å². The summed E-state index contributed by atoms with van der Waals surface area (Å²) in [6, 6.07) is 3.90. The molecule has 2 N–H and O–H groups in total. The highest BCUT2D eigenvalue weighted by molar-refractivity contribution is 7.94. The third-order valence-corrected chi connectivity index (χ3v) is 7.03. The van der Waals surface area contributed by atoms with Gasteiger partial charge in [-0.25, -0.2) is 16.8 Å². The molecule has 1 heterocycles. The number of phenolic OH excluding ortho intramolecular Hbond substituents is 1. The van der Waals surface area contributed by atoms with Crippen molar-refractivity contribution in [1.82, 2.24) is 0 Å². The number of nitrogens with one attached hydrogen (secondary N) is 1. The average molecular weight is 340 g/mol. The van der Waals surface area contributed by atoms with Crippen LogP contribution < -0.4 is 4.72 Å². The summed E-state index contributed by atoms with van der Waals surface area (Å²) in [6.07, 6.45) is 0.154. The van der Waals surface area contributed by atoms with Gasteiger partial charge in [0.05, 0.1) is 27.5 Å². The van der Waals surface area contributed by atoms with Gasteiger partial charge in [-0.2, -0.15) is 0 Å². The predicted octanol–water partition coefficient (Wildman–Crippen LogP) is 1.36. The highest BCUT2D eigenvalue weighted by Crippen LogP contribution is 2.29. The zero-order valence-electron chi connectivity index (χ0n) is 10.4. The molecule has 0 bridgehead atoms. The lowest BCUT2D eigenvalue weighted by atomic mass is 10.2. The summed E-state index contributed by atoms with van der Waals surface area (Å²) in [4.78, 5) is 0. The van der Waals surface area contributed by atoms with Gasteiger partial charge in [-0.15, -0.1) is 0 Å². The molecule has 0 spiro atoms. The summed E-state index contributed by atoms with van der Waals surface area (Å²) >= 11 is 5.84. The van der Waals surface area contributed by atoms with Gasteiger partial charge in [0.2, 0.25) is 10.0 Å². The molecule has 0 atom stereocenters. The minimum Gasteiger partial charge on any atom is -0.508 e. The number of anilines is 1. The van der Waals surface area contributed by atoms with Crippen LogP contribution in [0.25, 0.3) is 0 Å². The molecular weight excluding hydrogens is 326 g/mol. The van der Waals surface area contributed by atoms with Crippen LogP contribution in [0.15, 0.2) is 18.2 Å². The van der Waals surface area contributed by atoms with Crippen LogP contribution in [0, 0.1) is 0 Å². The Morgan fingerprint density at radius 2 is 1.85 bits per heavy atom. The molecule has 0 aromatic heterocycles. The summed E-state index contributed by atoms with van der Waals surface area (Å²) in [7, 11) is -6.82. The largest absolute Gasteiger partial charge is 0.508 e. The minimum atomic E-state index is -3.70. The van der Waals surface area contributed by atoms with E-state index in [1.807, 2.05) is 0 Å². The smallest absolute Gasteiger partial charge is 0.235 e. The van der Waals surface area contributed by atoms with Crippen molar-refractivity contribution in [2.24, 2.45) is 0 Å². The first-order chi connectivity index (χ1) is 9.20. The van der Waals surface area contributed by atoms with Gasteiger partial charge >= 0.3 is 0 Å². The SMILES string of the molecule is O=S1(=O)CCC(S(=O)(=O)Nc2ccc(O)cc2Cl)CC1. The molecule has 2 rings (SSSR count). The number of phenols is 1. The van der Waals surface area contributed by atoms with Gasteiger partial charge in [0.25, 0.3) is 0 Å². The van der Waals surface area contributed by atoms with Crippen LogP contribution in [-0.4, -0.2) is 38.7 Å². The molecule has 6 nitrogen and oxygen atoms in total. The number of sulfone groups is 1. The minimum absolute atomic E-state index is 0.0679. The van der Waals surface area contributed by atoms with Gasteiger partial charge in [-0.05, 0) is 25.0 Å². The summed E-state index contributed by atoms with van der Waals surface area (Å²) in [5.74, 6) is -0.314. The van der Waals surface area contributed by atoms with E-state index in [9.17, 15) is 21.9 Å². The second-order valence-corrected chi connectivity index (χ2v) is 9.33. The highest BCUT2D eigenvalue weighted by atomic mass is 35.5. The highest BCUT2D eigenvalue weighted by Gasteiger charge is 2.33. The molecule has 1 aromatic rings. The Kier molecular flexibility index (Phi) is 4.17. The fourth-order valence-corrected chi connectivity index (χ4v) is 5.58. The van der Waals surface area contributed by atoms with Crippen LogP contribution >= 0.6 is 11.6 Å². The fourth-order valence-electron chi connectivity index (χ4n) is 2.00. The Morgan fingerprint density at radius 3 is 2.40 bits per heavy atom. The third kappa shape index (κ3) is 3.56. The molecule has 0 aliphatic carbocycles. The molecule has 1 fully saturated rings. The van der Waals surface area contributed by atoms with Crippen LogP contribution in [-0.2, 0) is 19.9 Å². The summed E-state index contributed by atoms with van der Waals surface area (Å²) < 4.78 is 49.3. The average Bonchev–Trinajstić information content (AvgIpc) is 2.32. The number of halogens is 1. The number of aromatic hydroxyl groups is 1. The lowest BCUT2D eigenvalue weighted by Crippen LogP contribution is -2.36. The summed E-state index contributed by atoms with van der Waals surface area (Å²) in [5, 5.41) is 8.54. The maximum Gasteiger partial charge on any atom is 0.235 e. The van der Waals surface area contributed by atoms with Gasteiger partial charge in [-0.3, -0.25) is 4.72 Å². The van der Waals surface area contributed by atoms with E-state index in [1.54, 1.807) is 0 Å². The molecule has 20 heavy (non-hydrogen) atoms. The van der Waals surface area contributed by atoms with Gasteiger partial charge in [0.1, 0.15) is 15.6 Å². The van der Waals surface area contributed by atoms with E-state index in [1.165, 1.54) is 18.2 Å². The van der Waals surface area contributed by atoms with E-state index in [-0.39, 0.29) is 40.8 Å². The topological polar surface area (TPSA) is 101 Å². The molecule has 1 saturated heterocycles. The number of benzene rings is 1. The van der Waals surface area contributed by atoms with Crippen LogP contribution in [0.4, 0.5) is 5.69 Å². The van der Waals surface area contributed by atoms with Crippen LogP contribution in [0.3, 0.4) is 0 Å². The van der Waals surface area contributed by atoms with Crippen molar-refractivity contribution in [2.75, 3.05) is 16.2 Å². The molecule has 0 amide bonds. The van der Waals surface area contributed by atoms with E-state index < -0.39 is 25.1 Å². The summed E-state index contributed by atoms with van der Waals surface area (Å²) in [6.45, 7) is 0. The zero-order valence-corrected chi connectivity index (χ0v) is 12.8. The van der Waals surface area contributed by atoms with Crippen molar-refractivity contribution >= 4 is 37.1 Å². The van der Waals surface area contributed by atoms with Crippen molar-refractivity contribution in [3.05, 3.63) is 23.2 Å².